The van der Waals surface area contributed by atoms with Gasteiger partial charge in [-0.15, -0.1) is 0 Å². The molecule has 372 valence electrons. The number of amides is 2. The zero-order chi connectivity index (χ0) is 47.7. The maximum Gasteiger partial charge on any atom is 0.234 e. The second kappa shape index (κ2) is 15.5. The SMILES string of the molecule is CC1C[C@H](C2CC3CCCC34c3ccc5nc([nH]c5c3)C(C3CCCC3)C(=O)N24)N(c2cc(F)c(N3CCCCC3)c(F)c2)[C@]1(C)C1C[C@@H]2CCC[C@@]23c2ccc4nc([nH]c4c2)C(C2CCCC2)C(=O)N13. The first-order valence-corrected chi connectivity index (χ1v) is 28.3. The van der Waals surface area contributed by atoms with E-state index in [0.717, 1.165) is 162 Å². The van der Waals surface area contributed by atoms with Crippen LogP contribution in [0.3, 0.4) is 0 Å². The van der Waals surface area contributed by atoms with Crippen molar-refractivity contribution in [2.45, 2.75) is 189 Å². The number of carbonyl (C=O) groups excluding carboxylic acids is 2. The van der Waals surface area contributed by atoms with Gasteiger partial charge in [0, 0.05) is 18.8 Å². The van der Waals surface area contributed by atoms with Gasteiger partial charge in [0.05, 0.1) is 68.6 Å². The zero-order valence-electron chi connectivity index (χ0n) is 41.7. The minimum atomic E-state index is -0.762. The number of aromatic nitrogens is 4. The maximum atomic E-state index is 17.4. The van der Waals surface area contributed by atoms with Gasteiger partial charge in [0.25, 0.3) is 0 Å². The molecule has 5 aromatic rings. The fourth-order valence-electron chi connectivity index (χ4n) is 18.9. The summed E-state index contributed by atoms with van der Waals surface area (Å²) in [6.07, 6.45) is 19.6. The number of benzene rings is 3. The number of nitrogens with one attached hydrogen (secondary N) is 2. The monoisotopic (exact) mass is 961 g/mol. The third-order valence-electron chi connectivity index (χ3n) is 22.0. The largest absolute Gasteiger partial charge is 0.367 e. The van der Waals surface area contributed by atoms with Crippen LogP contribution in [-0.4, -0.2) is 78.3 Å². The van der Waals surface area contributed by atoms with Crippen LogP contribution in [0.4, 0.5) is 20.2 Å². The number of hydrogen-bond donors (Lipinski definition) is 2. The van der Waals surface area contributed by atoms with E-state index >= 15 is 18.4 Å². The van der Waals surface area contributed by atoms with Gasteiger partial charge in [-0.05, 0) is 174 Å². The Kier molecular flexibility index (Phi) is 9.52. The van der Waals surface area contributed by atoms with Crippen LogP contribution in [0.15, 0.2) is 48.5 Å². The molecule has 4 saturated carbocycles. The second-order valence-electron chi connectivity index (χ2n) is 24.9. The first-order valence-electron chi connectivity index (χ1n) is 28.3. The predicted molar refractivity (Wildman–Crippen MR) is 271 cm³/mol. The molecule has 10 aliphatic rings. The molecule has 4 aliphatic carbocycles. The van der Waals surface area contributed by atoms with Crippen LogP contribution in [0.2, 0.25) is 0 Å². The van der Waals surface area contributed by atoms with Gasteiger partial charge in [-0.1, -0.05) is 57.6 Å². The number of carbonyl (C=O) groups is 2. The summed E-state index contributed by atoms with van der Waals surface area (Å²) in [5.41, 5.74) is 5.09. The topological polar surface area (TPSA) is 104 Å². The highest BCUT2D eigenvalue weighted by Crippen LogP contribution is 2.65. The summed E-state index contributed by atoms with van der Waals surface area (Å²) in [5, 5.41) is 0. The number of halogens is 2. The first kappa shape index (κ1) is 43.6. The molecule has 15 rings (SSSR count). The summed E-state index contributed by atoms with van der Waals surface area (Å²) in [6, 6.07) is 16.0. The molecule has 71 heavy (non-hydrogen) atoms. The van der Waals surface area contributed by atoms with Crippen molar-refractivity contribution in [1.29, 1.82) is 0 Å². The standard InChI is InChI=1S/C59H70F2N8O2/c1-33-26-47(48-29-36-16-10-22-58(36)38-18-20-43-45(27-38)64-53(62-43)50(55(70)68(48)58)34-12-4-5-13-34)67(40-31-41(60)52(42(61)32-40)66-24-8-3-9-25-66)57(33,2)49-30-37-17-11-23-59(37)39-19-21-44-46(28-39)65-54(63-44)51(56(71)69(49)59)35-14-6-7-15-35/h18-21,27-28,31-37,47-51H,3-17,22-26,29-30H2,1-2H3,(H,62,64)(H,63,65)/t33?,36?,37-,47+,48?,49?,50?,51?,57-,58?,59-/m0/s1. The van der Waals surface area contributed by atoms with Crippen molar-refractivity contribution in [3.63, 3.8) is 0 Å². The Bertz CT molecular complexity index is 2980. The van der Waals surface area contributed by atoms with Crippen molar-refractivity contribution in [2.24, 2.45) is 29.6 Å². The Hall–Kier alpha value is -5.00. The Balaban J connectivity index is 0.926. The number of anilines is 2. The number of imidazole rings is 2. The van der Waals surface area contributed by atoms with E-state index < -0.39 is 34.2 Å². The lowest BCUT2D eigenvalue weighted by Crippen LogP contribution is -2.66. The molecule has 2 amide bonds. The molecule has 2 N–H and O–H groups in total. The number of fused-ring (bicyclic) bond motifs is 4. The Morgan fingerprint density at radius 3 is 1.69 bits per heavy atom. The molecule has 8 heterocycles. The van der Waals surface area contributed by atoms with Gasteiger partial charge >= 0.3 is 0 Å². The van der Waals surface area contributed by atoms with Gasteiger partial charge in [0.15, 0.2) is 11.6 Å². The molecule has 0 radical (unpaired) electrons. The molecule has 4 saturated heterocycles. The van der Waals surface area contributed by atoms with Crippen molar-refractivity contribution in [3.05, 3.63) is 82.9 Å². The summed E-state index contributed by atoms with van der Waals surface area (Å²) in [5.74, 6) is 0.960. The number of nitrogens with zero attached hydrogens (tertiary/aromatic N) is 6. The molecular weight excluding hydrogens is 891 g/mol. The van der Waals surface area contributed by atoms with E-state index in [1.165, 1.54) is 11.1 Å². The van der Waals surface area contributed by atoms with Gasteiger partial charge in [-0.3, -0.25) is 9.59 Å². The molecule has 7 unspecified atom stereocenters. The van der Waals surface area contributed by atoms with E-state index in [2.05, 4.69) is 74.9 Å². The predicted octanol–water partition coefficient (Wildman–Crippen LogP) is 11.8. The highest BCUT2D eigenvalue weighted by molar-refractivity contribution is 5.90. The molecule has 2 aromatic heterocycles. The minimum Gasteiger partial charge on any atom is -0.367 e. The molecule has 6 bridgehead atoms. The molecule has 11 atom stereocenters. The van der Waals surface area contributed by atoms with Crippen molar-refractivity contribution in [3.8, 4) is 0 Å². The van der Waals surface area contributed by atoms with Crippen LogP contribution in [-0.2, 0) is 20.7 Å². The minimum absolute atomic E-state index is 0.00180. The Morgan fingerprint density at radius 1 is 0.592 bits per heavy atom. The third-order valence-corrected chi connectivity index (χ3v) is 22.0. The third kappa shape index (κ3) is 5.79. The van der Waals surface area contributed by atoms with Gasteiger partial charge in [0.1, 0.15) is 17.3 Å². The molecule has 2 spiro atoms. The fourth-order valence-corrected chi connectivity index (χ4v) is 18.9. The van der Waals surface area contributed by atoms with E-state index in [0.29, 0.717) is 18.8 Å². The van der Waals surface area contributed by atoms with E-state index in [1.807, 2.05) is 4.90 Å². The van der Waals surface area contributed by atoms with E-state index in [1.54, 1.807) is 12.1 Å². The highest BCUT2D eigenvalue weighted by Gasteiger charge is 2.70. The molecule has 8 fully saturated rings. The summed E-state index contributed by atoms with van der Waals surface area (Å²) in [6.45, 7) is 5.98. The summed E-state index contributed by atoms with van der Waals surface area (Å²) >= 11 is 0. The van der Waals surface area contributed by atoms with Crippen molar-refractivity contribution >= 4 is 45.3 Å². The van der Waals surface area contributed by atoms with Crippen LogP contribution in [0.1, 0.15) is 177 Å². The van der Waals surface area contributed by atoms with Crippen LogP contribution < -0.4 is 9.80 Å². The quantitative estimate of drug-likeness (QED) is 0.176. The summed E-state index contributed by atoms with van der Waals surface area (Å²) in [7, 11) is 0. The fraction of sp³-hybridized carbons (Fsp3) is 0.627. The molecule has 6 aliphatic heterocycles. The van der Waals surface area contributed by atoms with Crippen LogP contribution >= 0.6 is 0 Å². The Labute approximate surface area is 416 Å². The smallest absolute Gasteiger partial charge is 0.234 e. The lowest BCUT2D eigenvalue weighted by molar-refractivity contribution is -0.144. The number of piperidine rings is 1. The van der Waals surface area contributed by atoms with Crippen LogP contribution in [0.25, 0.3) is 22.1 Å². The average Bonchev–Trinajstić information content (AvgIpc) is 4.21. The normalized spacial score (nSPS) is 36.9. The van der Waals surface area contributed by atoms with E-state index in [-0.39, 0.29) is 71.1 Å². The van der Waals surface area contributed by atoms with Crippen molar-refractivity contribution in [2.75, 3.05) is 22.9 Å². The molecule has 3 aromatic carbocycles. The second-order valence-corrected chi connectivity index (χ2v) is 24.9. The maximum absolute atomic E-state index is 17.4. The summed E-state index contributed by atoms with van der Waals surface area (Å²) in [4.78, 5) is 59.9. The zero-order valence-corrected chi connectivity index (χ0v) is 41.7. The summed E-state index contributed by atoms with van der Waals surface area (Å²) < 4.78 is 34.8. The van der Waals surface area contributed by atoms with Crippen molar-refractivity contribution in [1.82, 2.24) is 29.7 Å². The number of H-pyrrole nitrogens is 2. The van der Waals surface area contributed by atoms with E-state index in [9.17, 15) is 0 Å². The van der Waals surface area contributed by atoms with Gasteiger partial charge in [0.2, 0.25) is 11.8 Å². The van der Waals surface area contributed by atoms with E-state index in [4.69, 9.17) is 9.97 Å². The van der Waals surface area contributed by atoms with Crippen LogP contribution in [0, 0.1) is 41.2 Å². The van der Waals surface area contributed by atoms with Crippen LogP contribution in [0.5, 0.6) is 0 Å². The first-order chi connectivity index (χ1) is 34.6. The Morgan fingerprint density at radius 2 is 1.11 bits per heavy atom. The number of aromatic amines is 2. The molecule has 10 nitrogen and oxygen atoms in total. The highest BCUT2D eigenvalue weighted by atomic mass is 19.1. The number of rotatable bonds is 6. The van der Waals surface area contributed by atoms with Gasteiger partial charge < -0.3 is 29.6 Å². The lowest BCUT2D eigenvalue weighted by Gasteiger charge is -2.54. The lowest BCUT2D eigenvalue weighted by atomic mass is 9.77. The molecule has 12 heteroatoms. The van der Waals surface area contributed by atoms with Gasteiger partial charge in [-0.2, -0.15) is 0 Å². The number of hydrogen-bond acceptors (Lipinski definition) is 6. The average molecular weight is 961 g/mol. The van der Waals surface area contributed by atoms with Crippen molar-refractivity contribution < 1.29 is 18.4 Å². The molecular formula is C59H70F2N8O2. The van der Waals surface area contributed by atoms with Gasteiger partial charge in [-0.25, -0.2) is 18.7 Å².